The molecule has 0 fully saturated rings. The molecule has 0 amide bonds. The molecule has 22 heavy (non-hydrogen) atoms. The third kappa shape index (κ3) is 2.55. The predicted molar refractivity (Wildman–Crippen MR) is 77.3 cm³/mol. The zero-order chi connectivity index (χ0) is 15.7. The van der Waals surface area contributed by atoms with Crippen molar-refractivity contribution in [3.8, 4) is 22.4 Å². The summed E-state index contributed by atoms with van der Waals surface area (Å²) >= 11 is 0. The topological polar surface area (TPSA) is 48.6 Å². The van der Waals surface area contributed by atoms with Gasteiger partial charge in [0, 0.05) is 5.56 Å². The van der Waals surface area contributed by atoms with Gasteiger partial charge in [-0.25, -0.2) is 0 Å². The average Bonchev–Trinajstić information content (AvgIpc) is 2.89. The minimum atomic E-state index is -4.45. The highest BCUT2D eigenvalue weighted by Gasteiger charge is 2.31. The number of alkyl halides is 3. The molecule has 2 N–H and O–H groups in total. The lowest BCUT2D eigenvalue weighted by atomic mass is 10.00. The third-order valence-electron chi connectivity index (χ3n) is 3.32. The van der Waals surface area contributed by atoms with Gasteiger partial charge in [0.2, 0.25) is 0 Å². The number of aromatic nitrogens is 2. The number of hydrogen-bond acceptors (Lipinski definition) is 1. The lowest BCUT2D eigenvalue weighted by Crippen LogP contribution is -2.06. The van der Waals surface area contributed by atoms with Crippen molar-refractivity contribution in [3.05, 3.63) is 70.5 Å². The van der Waals surface area contributed by atoms with Crippen LogP contribution in [0.1, 0.15) is 5.56 Å². The number of rotatable bonds is 2. The molecule has 3 rings (SSSR count). The van der Waals surface area contributed by atoms with Gasteiger partial charge in [-0.05, 0) is 17.7 Å². The number of hydrogen-bond donors (Lipinski definition) is 2. The Morgan fingerprint density at radius 3 is 2.18 bits per heavy atom. The molecule has 0 saturated carbocycles. The van der Waals surface area contributed by atoms with Gasteiger partial charge in [-0.15, -0.1) is 0 Å². The van der Waals surface area contributed by atoms with E-state index < -0.39 is 17.3 Å². The molecule has 2 aromatic carbocycles. The van der Waals surface area contributed by atoms with Crippen LogP contribution in [0.2, 0.25) is 0 Å². The van der Waals surface area contributed by atoms with E-state index in [0.29, 0.717) is 11.3 Å². The van der Waals surface area contributed by atoms with Crippen molar-refractivity contribution >= 4 is 0 Å². The maximum absolute atomic E-state index is 12.8. The molecule has 0 aliphatic heterocycles. The average molecular weight is 304 g/mol. The Balaban J connectivity index is 2.18. The molecule has 0 radical (unpaired) electrons. The summed E-state index contributed by atoms with van der Waals surface area (Å²) in [5.41, 5.74) is 0.342. The van der Waals surface area contributed by atoms with Crippen molar-refractivity contribution in [2.24, 2.45) is 0 Å². The van der Waals surface area contributed by atoms with Crippen LogP contribution >= 0.6 is 0 Å². The van der Waals surface area contributed by atoms with Gasteiger partial charge < -0.3 is 0 Å². The molecule has 0 atom stereocenters. The summed E-state index contributed by atoms with van der Waals surface area (Å²) in [6, 6.07) is 13.7. The highest BCUT2D eigenvalue weighted by Crippen LogP contribution is 2.33. The third-order valence-corrected chi connectivity index (χ3v) is 3.32. The Kier molecular flexibility index (Phi) is 3.36. The van der Waals surface area contributed by atoms with E-state index in [9.17, 15) is 18.0 Å². The highest BCUT2D eigenvalue weighted by molar-refractivity contribution is 5.80. The van der Waals surface area contributed by atoms with Crippen molar-refractivity contribution in [2.75, 3.05) is 0 Å². The molecule has 0 bridgehead atoms. The maximum Gasteiger partial charge on any atom is 0.416 e. The summed E-state index contributed by atoms with van der Waals surface area (Å²) in [4.78, 5) is 12.0. The predicted octanol–water partition coefficient (Wildman–Crippen LogP) is 4.06. The second-order valence-corrected chi connectivity index (χ2v) is 4.77. The molecular formula is C16H11F3N2O. The van der Waals surface area contributed by atoms with Crippen molar-refractivity contribution < 1.29 is 13.2 Å². The molecule has 0 aliphatic rings. The van der Waals surface area contributed by atoms with Gasteiger partial charge in [-0.2, -0.15) is 13.2 Å². The lowest BCUT2D eigenvalue weighted by Gasteiger charge is -2.08. The summed E-state index contributed by atoms with van der Waals surface area (Å²) in [5.74, 6) is 0. The fourth-order valence-electron chi connectivity index (χ4n) is 2.31. The first-order chi connectivity index (χ1) is 10.5. The highest BCUT2D eigenvalue weighted by atomic mass is 19.4. The molecule has 0 saturated heterocycles. The summed E-state index contributed by atoms with van der Waals surface area (Å²) in [5, 5.41) is 5.16. The Morgan fingerprint density at radius 2 is 1.50 bits per heavy atom. The summed E-state index contributed by atoms with van der Waals surface area (Å²) in [7, 11) is 0. The van der Waals surface area contributed by atoms with E-state index in [1.54, 1.807) is 24.3 Å². The molecule has 1 heterocycles. The quantitative estimate of drug-likeness (QED) is 0.737. The maximum atomic E-state index is 12.8. The van der Waals surface area contributed by atoms with Crippen molar-refractivity contribution in [1.29, 1.82) is 0 Å². The molecule has 1 aromatic heterocycles. The van der Waals surface area contributed by atoms with E-state index in [0.717, 1.165) is 12.1 Å². The van der Waals surface area contributed by atoms with Crippen LogP contribution in [0, 0.1) is 0 Å². The first-order valence-electron chi connectivity index (χ1n) is 6.50. The fraction of sp³-hybridized carbons (Fsp3) is 0.0625. The molecule has 112 valence electrons. The van der Waals surface area contributed by atoms with Crippen LogP contribution in [-0.4, -0.2) is 10.2 Å². The van der Waals surface area contributed by atoms with Gasteiger partial charge in [0.15, 0.2) is 0 Å². The minimum Gasteiger partial charge on any atom is -0.297 e. The van der Waals surface area contributed by atoms with Crippen LogP contribution in [-0.2, 0) is 6.18 Å². The number of halogens is 3. The Bertz CT molecular complexity index is 848. The Labute approximate surface area is 123 Å². The fourth-order valence-corrected chi connectivity index (χ4v) is 2.31. The van der Waals surface area contributed by atoms with Crippen LogP contribution in [0.25, 0.3) is 22.4 Å². The normalized spacial score (nSPS) is 11.6. The van der Waals surface area contributed by atoms with Crippen LogP contribution < -0.4 is 5.56 Å². The SMILES string of the molecule is O=c1[nH][nH]c(-c2ccccc2)c1-c1cccc(C(F)(F)F)c1. The molecule has 3 aromatic rings. The van der Waals surface area contributed by atoms with Gasteiger partial charge in [0.05, 0.1) is 16.8 Å². The van der Waals surface area contributed by atoms with Crippen molar-refractivity contribution in [1.82, 2.24) is 10.2 Å². The zero-order valence-corrected chi connectivity index (χ0v) is 11.2. The largest absolute Gasteiger partial charge is 0.416 e. The first-order valence-corrected chi connectivity index (χ1v) is 6.50. The van der Waals surface area contributed by atoms with Gasteiger partial charge in [0.1, 0.15) is 0 Å². The monoisotopic (exact) mass is 304 g/mol. The van der Waals surface area contributed by atoms with Gasteiger partial charge in [-0.1, -0.05) is 42.5 Å². The standard InChI is InChI=1S/C16H11F3N2O/c17-16(18,19)12-8-4-7-11(9-12)13-14(20-21-15(13)22)10-5-2-1-3-6-10/h1-9H,(H2,20,21,22). The molecule has 0 unspecified atom stereocenters. The molecule has 0 spiro atoms. The first kappa shape index (κ1) is 14.2. The number of benzene rings is 2. The van der Waals surface area contributed by atoms with Gasteiger partial charge >= 0.3 is 6.18 Å². The van der Waals surface area contributed by atoms with E-state index in [-0.39, 0.29) is 11.1 Å². The van der Waals surface area contributed by atoms with E-state index in [2.05, 4.69) is 10.2 Å². The zero-order valence-electron chi connectivity index (χ0n) is 11.2. The number of nitrogens with one attached hydrogen (secondary N) is 2. The van der Waals surface area contributed by atoms with Crippen LogP contribution in [0.5, 0.6) is 0 Å². The van der Waals surface area contributed by atoms with E-state index in [1.165, 1.54) is 12.1 Å². The second kappa shape index (κ2) is 5.22. The summed E-state index contributed by atoms with van der Waals surface area (Å²) in [6.07, 6.45) is -4.45. The van der Waals surface area contributed by atoms with Crippen LogP contribution in [0.3, 0.4) is 0 Å². The summed E-state index contributed by atoms with van der Waals surface area (Å²) < 4.78 is 38.5. The second-order valence-electron chi connectivity index (χ2n) is 4.77. The van der Waals surface area contributed by atoms with E-state index >= 15 is 0 Å². The van der Waals surface area contributed by atoms with E-state index in [4.69, 9.17) is 0 Å². The number of H-pyrrole nitrogens is 2. The van der Waals surface area contributed by atoms with Crippen LogP contribution in [0.15, 0.2) is 59.4 Å². The Morgan fingerprint density at radius 1 is 0.818 bits per heavy atom. The van der Waals surface area contributed by atoms with Gasteiger partial charge in [-0.3, -0.25) is 15.0 Å². The molecular weight excluding hydrogens is 293 g/mol. The molecule has 3 nitrogen and oxygen atoms in total. The van der Waals surface area contributed by atoms with Crippen molar-refractivity contribution in [2.45, 2.75) is 6.18 Å². The van der Waals surface area contributed by atoms with E-state index in [1.807, 2.05) is 6.07 Å². The smallest absolute Gasteiger partial charge is 0.297 e. The van der Waals surface area contributed by atoms with Crippen LogP contribution in [0.4, 0.5) is 13.2 Å². The number of aromatic amines is 2. The summed E-state index contributed by atoms with van der Waals surface area (Å²) in [6.45, 7) is 0. The Hall–Kier alpha value is -2.76. The minimum absolute atomic E-state index is 0.192. The van der Waals surface area contributed by atoms with Gasteiger partial charge in [0.25, 0.3) is 5.56 Å². The lowest BCUT2D eigenvalue weighted by molar-refractivity contribution is -0.137. The molecule has 6 heteroatoms. The van der Waals surface area contributed by atoms with Crippen molar-refractivity contribution in [3.63, 3.8) is 0 Å². The molecule has 0 aliphatic carbocycles.